The highest BCUT2D eigenvalue weighted by molar-refractivity contribution is 5.73. The molecule has 1 amide bonds. The van der Waals surface area contributed by atoms with Crippen LogP contribution in [0.15, 0.2) is 0 Å². The summed E-state index contributed by atoms with van der Waals surface area (Å²) >= 11 is 0. The van der Waals surface area contributed by atoms with Gasteiger partial charge < -0.3 is 14.8 Å². The molecule has 1 fully saturated rings. The number of alkyl carbamates (subject to hydrolysis) is 1. The molecule has 0 radical (unpaired) electrons. The summed E-state index contributed by atoms with van der Waals surface area (Å²) < 4.78 is 5.10. The predicted molar refractivity (Wildman–Crippen MR) is 61.2 cm³/mol. The fraction of sp³-hybridized carbons (Fsp3) is 0.833. The lowest BCUT2D eigenvalue weighted by atomic mass is 10.0. The normalized spacial score (nSPS) is 19.8. The van der Waals surface area contributed by atoms with Gasteiger partial charge in [0.15, 0.2) is 0 Å². The first-order valence-electron chi connectivity index (χ1n) is 5.69. The molecule has 1 rings (SSSR count). The van der Waals surface area contributed by atoms with Crippen molar-refractivity contribution in [2.75, 3.05) is 0 Å². The highest BCUT2D eigenvalue weighted by Gasteiger charge is 2.39. The number of carbonyl (C=O) groups is 2. The Morgan fingerprint density at radius 1 is 1.50 bits per heavy atom. The van der Waals surface area contributed by atoms with Gasteiger partial charge in [-0.05, 0) is 45.4 Å². The third kappa shape index (κ3) is 4.64. The summed E-state index contributed by atoms with van der Waals surface area (Å²) in [4.78, 5) is 22.3. The van der Waals surface area contributed by atoms with Crippen molar-refractivity contribution < 1.29 is 14.3 Å². The van der Waals surface area contributed by atoms with Crippen LogP contribution in [-0.4, -0.2) is 24.0 Å². The molecule has 0 aliphatic heterocycles. The Morgan fingerprint density at radius 3 is 2.44 bits per heavy atom. The van der Waals surface area contributed by atoms with E-state index in [1.54, 1.807) is 20.8 Å². The molecule has 4 heteroatoms. The minimum Gasteiger partial charge on any atom is -0.444 e. The van der Waals surface area contributed by atoms with Crippen molar-refractivity contribution in [2.45, 2.75) is 58.6 Å². The van der Waals surface area contributed by atoms with Crippen LogP contribution in [0.25, 0.3) is 0 Å². The zero-order valence-electron chi connectivity index (χ0n) is 10.5. The maximum absolute atomic E-state index is 11.4. The third-order valence-corrected chi connectivity index (χ3v) is 2.68. The second-order valence-electron chi connectivity index (χ2n) is 5.90. The number of rotatable bonds is 4. The number of hydrogen-bond acceptors (Lipinski definition) is 3. The van der Waals surface area contributed by atoms with Crippen molar-refractivity contribution in [1.29, 1.82) is 0 Å². The van der Waals surface area contributed by atoms with Crippen LogP contribution in [0.3, 0.4) is 0 Å². The zero-order valence-corrected chi connectivity index (χ0v) is 10.5. The van der Waals surface area contributed by atoms with Gasteiger partial charge in [0.25, 0.3) is 0 Å². The van der Waals surface area contributed by atoms with Gasteiger partial charge in [0.1, 0.15) is 11.9 Å². The summed E-state index contributed by atoms with van der Waals surface area (Å²) in [6.45, 7) is 7.51. The number of hydrogen-bond donors (Lipinski definition) is 1. The number of ether oxygens (including phenoxy) is 1. The fourth-order valence-corrected chi connectivity index (χ4v) is 1.54. The Bertz CT molecular complexity index is 276. The van der Waals surface area contributed by atoms with Crippen LogP contribution in [0, 0.1) is 5.41 Å². The van der Waals surface area contributed by atoms with E-state index in [2.05, 4.69) is 12.2 Å². The fourth-order valence-electron chi connectivity index (χ4n) is 1.54. The van der Waals surface area contributed by atoms with Crippen molar-refractivity contribution in [3.8, 4) is 0 Å². The minimum atomic E-state index is -0.527. The third-order valence-electron chi connectivity index (χ3n) is 2.68. The molecule has 4 nitrogen and oxygen atoms in total. The molecule has 1 aliphatic carbocycles. The molecular weight excluding hydrogens is 206 g/mol. The summed E-state index contributed by atoms with van der Waals surface area (Å²) in [5.74, 6) is 0. The lowest BCUT2D eigenvalue weighted by molar-refractivity contribution is -0.110. The first kappa shape index (κ1) is 13.0. The average Bonchev–Trinajstić information content (AvgIpc) is 2.79. The molecule has 1 aliphatic rings. The predicted octanol–water partition coefficient (Wildman–Crippen LogP) is 2.27. The average molecular weight is 227 g/mol. The van der Waals surface area contributed by atoms with Gasteiger partial charge in [-0.1, -0.05) is 6.92 Å². The number of amides is 1. The van der Waals surface area contributed by atoms with Gasteiger partial charge in [0.2, 0.25) is 0 Å². The van der Waals surface area contributed by atoms with Crippen LogP contribution in [0.1, 0.15) is 47.0 Å². The molecule has 1 N–H and O–H groups in total. The Labute approximate surface area is 96.7 Å². The van der Waals surface area contributed by atoms with Crippen LogP contribution in [0.2, 0.25) is 0 Å². The van der Waals surface area contributed by atoms with E-state index >= 15 is 0 Å². The summed E-state index contributed by atoms with van der Waals surface area (Å²) in [6, 6.07) is -0.428. The van der Waals surface area contributed by atoms with Crippen LogP contribution < -0.4 is 5.32 Å². The molecule has 0 bridgehead atoms. The molecule has 0 aromatic rings. The maximum atomic E-state index is 11.4. The number of carbonyl (C=O) groups excluding carboxylic acids is 2. The van der Waals surface area contributed by atoms with Crippen LogP contribution >= 0.6 is 0 Å². The van der Waals surface area contributed by atoms with Crippen LogP contribution in [-0.2, 0) is 9.53 Å². The summed E-state index contributed by atoms with van der Waals surface area (Å²) in [6.07, 6.45) is 3.23. The van der Waals surface area contributed by atoms with Gasteiger partial charge in [-0.25, -0.2) is 4.79 Å². The Hall–Kier alpha value is -1.06. The number of aldehydes is 1. The molecule has 16 heavy (non-hydrogen) atoms. The van der Waals surface area contributed by atoms with Crippen molar-refractivity contribution in [3.63, 3.8) is 0 Å². The molecule has 0 heterocycles. The Morgan fingerprint density at radius 2 is 2.06 bits per heavy atom. The summed E-state index contributed by atoms with van der Waals surface area (Å²) in [5.41, 5.74) is -0.290. The molecule has 92 valence electrons. The van der Waals surface area contributed by atoms with Crippen LogP contribution in [0.4, 0.5) is 4.79 Å². The second-order valence-corrected chi connectivity index (χ2v) is 5.90. The molecule has 1 saturated carbocycles. The zero-order chi connectivity index (χ0) is 12.4. The van der Waals surface area contributed by atoms with Gasteiger partial charge in [-0.15, -0.1) is 0 Å². The topological polar surface area (TPSA) is 55.4 Å². The second kappa shape index (κ2) is 4.44. The van der Waals surface area contributed by atoms with Crippen molar-refractivity contribution in [1.82, 2.24) is 5.32 Å². The summed E-state index contributed by atoms with van der Waals surface area (Å²) in [5, 5.41) is 2.59. The lowest BCUT2D eigenvalue weighted by Gasteiger charge is -2.22. The van der Waals surface area contributed by atoms with Crippen molar-refractivity contribution in [2.24, 2.45) is 5.41 Å². The molecular formula is C12H21NO3. The van der Waals surface area contributed by atoms with E-state index in [0.29, 0.717) is 6.42 Å². The minimum absolute atomic E-state index is 0.237. The Kier molecular flexibility index (Phi) is 3.61. The molecule has 1 unspecified atom stereocenters. The Balaban J connectivity index is 2.38. The largest absolute Gasteiger partial charge is 0.444 e. The highest BCUT2D eigenvalue weighted by Crippen LogP contribution is 2.48. The number of nitrogens with one attached hydrogen (secondary N) is 1. The van der Waals surface area contributed by atoms with E-state index in [0.717, 1.165) is 19.1 Å². The van der Waals surface area contributed by atoms with E-state index in [1.165, 1.54) is 0 Å². The van der Waals surface area contributed by atoms with Gasteiger partial charge >= 0.3 is 6.09 Å². The highest BCUT2D eigenvalue weighted by atomic mass is 16.6. The lowest BCUT2D eigenvalue weighted by Crippen LogP contribution is -2.40. The molecule has 0 aromatic heterocycles. The summed E-state index contributed by atoms with van der Waals surface area (Å²) in [7, 11) is 0. The smallest absolute Gasteiger partial charge is 0.408 e. The molecule has 0 aromatic carbocycles. The SMILES string of the molecule is CC1(CC(C=O)NC(=O)OC(C)(C)C)CC1. The molecule has 0 saturated heterocycles. The van der Waals surface area contributed by atoms with Crippen molar-refractivity contribution in [3.05, 3.63) is 0 Å². The van der Waals surface area contributed by atoms with E-state index in [-0.39, 0.29) is 5.41 Å². The first-order valence-corrected chi connectivity index (χ1v) is 5.69. The van der Waals surface area contributed by atoms with Gasteiger partial charge in [0, 0.05) is 0 Å². The molecule has 0 spiro atoms. The quantitative estimate of drug-likeness (QED) is 0.749. The van der Waals surface area contributed by atoms with Gasteiger partial charge in [-0.2, -0.15) is 0 Å². The van der Waals surface area contributed by atoms with Crippen LogP contribution in [0.5, 0.6) is 0 Å². The van der Waals surface area contributed by atoms with Gasteiger partial charge in [0.05, 0.1) is 6.04 Å². The van der Waals surface area contributed by atoms with E-state index in [1.807, 2.05) is 0 Å². The first-order chi connectivity index (χ1) is 7.24. The van der Waals surface area contributed by atoms with E-state index < -0.39 is 17.7 Å². The van der Waals surface area contributed by atoms with Gasteiger partial charge in [-0.3, -0.25) is 0 Å². The maximum Gasteiger partial charge on any atom is 0.408 e. The molecule has 1 atom stereocenters. The van der Waals surface area contributed by atoms with E-state index in [4.69, 9.17) is 4.74 Å². The monoisotopic (exact) mass is 227 g/mol. The standard InChI is InChI=1S/C12H21NO3/c1-11(2,3)16-10(15)13-9(8-14)7-12(4)5-6-12/h8-9H,5-7H2,1-4H3,(H,13,15). The van der Waals surface area contributed by atoms with Crippen molar-refractivity contribution >= 4 is 12.4 Å². The van der Waals surface area contributed by atoms with E-state index in [9.17, 15) is 9.59 Å².